The lowest BCUT2D eigenvalue weighted by Gasteiger charge is -2.18. The molecule has 0 bridgehead atoms. The second-order valence-corrected chi connectivity index (χ2v) is 4.36. The molecular formula is C16H12N2O2. The minimum atomic E-state index is -1.16. The van der Waals surface area contributed by atoms with Gasteiger partial charge in [0.05, 0.1) is 23.3 Å². The lowest BCUT2D eigenvalue weighted by molar-refractivity contribution is 0.0172. The van der Waals surface area contributed by atoms with Gasteiger partial charge in [0.15, 0.2) is 0 Å². The molecule has 2 unspecified atom stereocenters. The average molecular weight is 264 g/mol. The molecule has 0 aliphatic heterocycles. The van der Waals surface area contributed by atoms with Crippen molar-refractivity contribution in [3.63, 3.8) is 0 Å². The van der Waals surface area contributed by atoms with Gasteiger partial charge in [-0.2, -0.15) is 10.5 Å². The van der Waals surface area contributed by atoms with Crippen molar-refractivity contribution in [3.05, 3.63) is 70.8 Å². The van der Waals surface area contributed by atoms with E-state index in [2.05, 4.69) is 0 Å². The SMILES string of the molecule is N#Cc1cccc(C(O)C(O)c2cccc(C#N)c2)c1. The molecule has 2 aromatic carbocycles. The van der Waals surface area contributed by atoms with Crippen molar-refractivity contribution in [3.8, 4) is 12.1 Å². The first kappa shape index (κ1) is 13.8. The maximum Gasteiger partial charge on any atom is 0.109 e. The Hall–Kier alpha value is -2.66. The fourth-order valence-corrected chi connectivity index (χ4v) is 1.95. The first-order valence-corrected chi connectivity index (χ1v) is 6.02. The van der Waals surface area contributed by atoms with Crippen molar-refractivity contribution in [2.24, 2.45) is 0 Å². The number of aliphatic hydroxyl groups excluding tert-OH is 2. The predicted octanol–water partition coefficient (Wildman–Crippen LogP) is 2.20. The van der Waals surface area contributed by atoms with E-state index in [1.165, 1.54) is 12.1 Å². The van der Waals surface area contributed by atoms with Gasteiger partial charge in [-0.3, -0.25) is 0 Å². The number of nitrogens with zero attached hydrogens (tertiary/aromatic N) is 2. The predicted molar refractivity (Wildman–Crippen MR) is 72.2 cm³/mol. The van der Waals surface area contributed by atoms with Gasteiger partial charge < -0.3 is 10.2 Å². The summed E-state index contributed by atoms with van der Waals surface area (Å²) in [5.41, 5.74) is 1.75. The Bertz CT molecular complexity index is 637. The van der Waals surface area contributed by atoms with Crippen LogP contribution in [0.5, 0.6) is 0 Å². The van der Waals surface area contributed by atoms with E-state index in [1.54, 1.807) is 36.4 Å². The molecule has 2 N–H and O–H groups in total. The quantitative estimate of drug-likeness (QED) is 0.889. The van der Waals surface area contributed by atoms with Gasteiger partial charge in [-0.05, 0) is 35.4 Å². The van der Waals surface area contributed by atoms with E-state index in [1.807, 2.05) is 12.1 Å². The maximum absolute atomic E-state index is 10.2. The van der Waals surface area contributed by atoms with Gasteiger partial charge in [-0.15, -0.1) is 0 Å². The number of aliphatic hydroxyl groups is 2. The highest BCUT2D eigenvalue weighted by molar-refractivity contribution is 5.37. The highest BCUT2D eigenvalue weighted by Gasteiger charge is 2.20. The van der Waals surface area contributed by atoms with E-state index in [0.29, 0.717) is 22.3 Å². The number of benzene rings is 2. The number of hydrogen-bond donors (Lipinski definition) is 2. The molecule has 0 amide bonds. The van der Waals surface area contributed by atoms with Crippen LogP contribution < -0.4 is 0 Å². The molecule has 0 fully saturated rings. The van der Waals surface area contributed by atoms with E-state index in [9.17, 15) is 10.2 Å². The van der Waals surface area contributed by atoms with Crippen molar-refractivity contribution < 1.29 is 10.2 Å². The van der Waals surface area contributed by atoms with Crippen molar-refractivity contribution in [1.82, 2.24) is 0 Å². The summed E-state index contributed by atoms with van der Waals surface area (Å²) >= 11 is 0. The van der Waals surface area contributed by atoms with E-state index in [0.717, 1.165) is 0 Å². The number of nitriles is 2. The molecule has 0 aromatic heterocycles. The molecule has 0 aliphatic carbocycles. The van der Waals surface area contributed by atoms with Crippen LogP contribution in [0.2, 0.25) is 0 Å². The Morgan fingerprint density at radius 3 is 1.50 bits per heavy atom. The van der Waals surface area contributed by atoms with Gasteiger partial charge in [-0.1, -0.05) is 24.3 Å². The third-order valence-electron chi connectivity index (χ3n) is 3.01. The smallest absolute Gasteiger partial charge is 0.109 e. The zero-order chi connectivity index (χ0) is 14.5. The minimum Gasteiger partial charge on any atom is -0.385 e. The van der Waals surface area contributed by atoms with Gasteiger partial charge in [0, 0.05) is 0 Å². The van der Waals surface area contributed by atoms with Crippen LogP contribution in [0.4, 0.5) is 0 Å². The van der Waals surface area contributed by atoms with Gasteiger partial charge in [0.2, 0.25) is 0 Å². The first-order valence-electron chi connectivity index (χ1n) is 6.02. The molecule has 98 valence electrons. The first-order chi connectivity index (χ1) is 9.65. The summed E-state index contributed by atoms with van der Waals surface area (Å²) in [5, 5.41) is 38.0. The molecule has 0 aliphatic rings. The topological polar surface area (TPSA) is 88.0 Å². The van der Waals surface area contributed by atoms with Crippen molar-refractivity contribution >= 4 is 0 Å². The summed E-state index contributed by atoms with van der Waals surface area (Å²) in [6, 6.07) is 16.9. The maximum atomic E-state index is 10.2. The standard InChI is InChI=1S/C16H12N2O2/c17-9-11-3-1-5-13(7-11)15(19)16(20)14-6-2-4-12(8-14)10-18/h1-8,15-16,19-20H. The van der Waals surface area contributed by atoms with Gasteiger partial charge in [-0.25, -0.2) is 0 Å². The van der Waals surface area contributed by atoms with Crippen molar-refractivity contribution in [1.29, 1.82) is 10.5 Å². The summed E-state index contributed by atoms with van der Waals surface area (Å²) in [4.78, 5) is 0. The molecule has 0 spiro atoms. The van der Waals surface area contributed by atoms with Crippen molar-refractivity contribution in [2.45, 2.75) is 12.2 Å². The Labute approximate surface area is 116 Å². The molecule has 20 heavy (non-hydrogen) atoms. The minimum absolute atomic E-state index is 0.416. The van der Waals surface area contributed by atoms with E-state index < -0.39 is 12.2 Å². The summed E-state index contributed by atoms with van der Waals surface area (Å²) < 4.78 is 0. The highest BCUT2D eigenvalue weighted by atomic mass is 16.3. The van der Waals surface area contributed by atoms with Gasteiger partial charge in [0.25, 0.3) is 0 Å². The molecule has 2 atom stereocenters. The molecule has 4 heteroatoms. The highest BCUT2D eigenvalue weighted by Crippen LogP contribution is 2.29. The lowest BCUT2D eigenvalue weighted by atomic mass is 9.96. The lowest BCUT2D eigenvalue weighted by Crippen LogP contribution is -2.10. The molecule has 0 radical (unpaired) electrons. The number of rotatable bonds is 3. The fraction of sp³-hybridized carbons (Fsp3) is 0.125. The van der Waals surface area contributed by atoms with Crippen LogP contribution >= 0.6 is 0 Å². The van der Waals surface area contributed by atoms with Gasteiger partial charge in [0.1, 0.15) is 12.2 Å². The van der Waals surface area contributed by atoms with Gasteiger partial charge >= 0.3 is 0 Å². The van der Waals surface area contributed by atoms with Crippen molar-refractivity contribution in [2.75, 3.05) is 0 Å². The number of hydrogen-bond acceptors (Lipinski definition) is 4. The molecule has 4 nitrogen and oxygen atoms in total. The van der Waals surface area contributed by atoms with Crippen LogP contribution in [-0.4, -0.2) is 10.2 Å². The summed E-state index contributed by atoms with van der Waals surface area (Å²) in [7, 11) is 0. The third kappa shape index (κ3) is 2.84. The van der Waals surface area contributed by atoms with Crippen LogP contribution in [0.25, 0.3) is 0 Å². The molecule has 0 saturated heterocycles. The van der Waals surface area contributed by atoms with Crippen LogP contribution in [-0.2, 0) is 0 Å². The van der Waals surface area contributed by atoms with Crippen LogP contribution in [0, 0.1) is 22.7 Å². The molecular weight excluding hydrogens is 252 g/mol. The molecule has 2 rings (SSSR count). The summed E-state index contributed by atoms with van der Waals surface area (Å²) in [6.45, 7) is 0. The Kier molecular flexibility index (Phi) is 4.12. The molecule has 0 heterocycles. The zero-order valence-corrected chi connectivity index (χ0v) is 10.6. The largest absolute Gasteiger partial charge is 0.385 e. The Balaban J connectivity index is 2.30. The Morgan fingerprint density at radius 2 is 1.15 bits per heavy atom. The van der Waals surface area contributed by atoms with E-state index in [4.69, 9.17) is 10.5 Å². The molecule has 0 saturated carbocycles. The average Bonchev–Trinajstić information content (AvgIpc) is 2.53. The van der Waals surface area contributed by atoms with Crippen LogP contribution in [0.3, 0.4) is 0 Å². The normalized spacial score (nSPS) is 13.0. The van der Waals surface area contributed by atoms with Crippen LogP contribution in [0.1, 0.15) is 34.5 Å². The second-order valence-electron chi connectivity index (χ2n) is 4.36. The zero-order valence-electron chi connectivity index (χ0n) is 10.6. The van der Waals surface area contributed by atoms with E-state index >= 15 is 0 Å². The van der Waals surface area contributed by atoms with Crippen LogP contribution in [0.15, 0.2) is 48.5 Å². The summed E-state index contributed by atoms with van der Waals surface area (Å²) in [6.07, 6.45) is -2.31. The van der Waals surface area contributed by atoms with E-state index in [-0.39, 0.29) is 0 Å². The Morgan fingerprint density at radius 1 is 0.750 bits per heavy atom. The summed E-state index contributed by atoms with van der Waals surface area (Å²) in [5.74, 6) is 0. The monoisotopic (exact) mass is 264 g/mol. The third-order valence-corrected chi connectivity index (χ3v) is 3.01. The second kappa shape index (κ2) is 5.99. The molecule has 2 aromatic rings. The fourth-order valence-electron chi connectivity index (χ4n) is 1.95.